The molecule has 1 aliphatic rings. The van der Waals surface area contributed by atoms with E-state index in [0.717, 1.165) is 19.5 Å². The van der Waals surface area contributed by atoms with Gasteiger partial charge in [0.1, 0.15) is 0 Å². The fourth-order valence-corrected chi connectivity index (χ4v) is 1.34. The molecule has 0 bridgehead atoms. The van der Waals surface area contributed by atoms with Crippen molar-refractivity contribution in [2.24, 2.45) is 0 Å². The van der Waals surface area contributed by atoms with Gasteiger partial charge in [0.15, 0.2) is 0 Å². The zero-order chi connectivity index (χ0) is 9.90. The lowest BCUT2D eigenvalue weighted by Gasteiger charge is -2.22. The molecule has 1 heterocycles. The molecular formula is C9H19N3O. The Balaban J connectivity index is 2.24. The molecular weight excluding hydrogens is 166 g/mol. The summed E-state index contributed by atoms with van der Waals surface area (Å²) in [6, 6.07) is 0.226. The molecule has 2 amide bonds. The molecule has 0 radical (unpaired) electrons. The molecule has 1 fully saturated rings. The van der Waals surface area contributed by atoms with Crippen LogP contribution in [0.5, 0.6) is 0 Å². The number of amides is 2. The molecule has 3 N–H and O–H groups in total. The van der Waals surface area contributed by atoms with Gasteiger partial charge in [-0.2, -0.15) is 0 Å². The first-order valence-electron chi connectivity index (χ1n) is 4.77. The van der Waals surface area contributed by atoms with Gasteiger partial charge in [0.2, 0.25) is 0 Å². The topological polar surface area (TPSA) is 53.2 Å². The third-order valence-corrected chi connectivity index (χ3v) is 1.88. The number of nitrogens with one attached hydrogen (secondary N) is 3. The number of hydrogen-bond acceptors (Lipinski definition) is 2. The van der Waals surface area contributed by atoms with E-state index in [2.05, 4.69) is 16.0 Å². The van der Waals surface area contributed by atoms with Gasteiger partial charge < -0.3 is 16.0 Å². The molecule has 0 unspecified atom stereocenters. The minimum Gasteiger partial charge on any atom is -0.334 e. The summed E-state index contributed by atoms with van der Waals surface area (Å²) in [5.74, 6) is 0. The lowest BCUT2D eigenvalue weighted by atomic mass is 10.1. The molecule has 0 aromatic carbocycles. The van der Waals surface area contributed by atoms with E-state index in [9.17, 15) is 4.79 Å². The fraction of sp³-hybridized carbons (Fsp3) is 0.889. The highest BCUT2D eigenvalue weighted by Crippen LogP contribution is 2.00. The van der Waals surface area contributed by atoms with E-state index in [0.29, 0.717) is 6.04 Å². The molecule has 76 valence electrons. The number of carbonyl (C=O) groups is 1. The molecule has 0 aliphatic carbocycles. The van der Waals surface area contributed by atoms with Gasteiger partial charge in [-0.15, -0.1) is 0 Å². The van der Waals surface area contributed by atoms with E-state index < -0.39 is 0 Å². The summed E-state index contributed by atoms with van der Waals surface area (Å²) < 4.78 is 0. The molecule has 0 aromatic rings. The van der Waals surface area contributed by atoms with Crippen molar-refractivity contribution in [3.05, 3.63) is 0 Å². The highest BCUT2D eigenvalue weighted by molar-refractivity contribution is 5.75. The predicted octanol–water partition coefficient (Wildman–Crippen LogP) is 0.446. The predicted molar refractivity (Wildman–Crippen MR) is 52.7 cm³/mol. The minimum atomic E-state index is -0.157. The average molecular weight is 185 g/mol. The Kier molecular flexibility index (Phi) is 3.14. The number of rotatable bonds is 1. The lowest BCUT2D eigenvalue weighted by molar-refractivity contribution is 0.229. The maximum absolute atomic E-state index is 11.4. The first-order chi connectivity index (χ1) is 5.97. The van der Waals surface area contributed by atoms with Crippen molar-refractivity contribution >= 4 is 6.03 Å². The molecule has 1 rings (SSSR count). The highest BCUT2D eigenvalue weighted by atomic mass is 16.2. The second-order valence-electron chi connectivity index (χ2n) is 4.54. The Bertz CT molecular complexity index is 180. The maximum atomic E-state index is 11.4. The molecule has 1 atom stereocenters. The van der Waals surface area contributed by atoms with Crippen LogP contribution in [0.2, 0.25) is 0 Å². The Labute approximate surface area is 79.5 Å². The summed E-state index contributed by atoms with van der Waals surface area (Å²) in [6.45, 7) is 7.80. The van der Waals surface area contributed by atoms with Gasteiger partial charge in [-0.1, -0.05) is 0 Å². The maximum Gasteiger partial charge on any atom is 0.315 e. The summed E-state index contributed by atoms with van der Waals surface area (Å²) in [5, 5.41) is 8.99. The van der Waals surface area contributed by atoms with Crippen LogP contribution in [0.25, 0.3) is 0 Å². The van der Waals surface area contributed by atoms with Crippen molar-refractivity contribution in [3.63, 3.8) is 0 Å². The van der Waals surface area contributed by atoms with Gasteiger partial charge >= 0.3 is 6.03 Å². The standard InChI is InChI=1S/C9H19N3O/c1-9(2,3)12-8(13)11-7-4-5-10-6-7/h7,10H,4-6H2,1-3H3,(H2,11,12,13)/t7-/m0/s1. The van der Waals surface area contributed by atoms with Crippen molar-refractivity contribution in [1.82, 2.24) is 16.0 Å². The first-order valence-corrected chi connectivity index (χ1v) is 4.77. The molecule has 4 nitrogen and oxygen atoms in total. The van der Waals surface area contributed by atoms with Crippen LogP contribution in [0, 0.1) is 0 Å². The smallest absolute Gasteiger partial charge is 0.315 e. The van der Waals surface area contributed by atoms with Gasteiger partial charge in [-0.25, -0.2) is 4.79 Å². The van der Waals surface area contributed by atoms with Gasteiger partial charge in [0.05, 0.1) is 0 Å². The third-order valence-electron chi connectivity index (χ3n) is 1.88. The van der Waals surface area contributed by atoms with Crippen LogP contribution in [0.3, 0.4) is 0 Å². The van der Waals surface area contributed by atoms with Gasteiger partial charge in [-0.05, 0) is 33.7 Å². The van der Waals surface area contributed by atoms with Crippen molar-refractivity contribution in [2.75, 3.05) is 13.1 Å². The number of urea groups is 1. The normalized spacial score (nSPS) is 22.8. The molecule has 0 aromatic heterocycles. The average Bonchev–Trinajstić information content (AvgIpc) is 2.34. The Morgan fingerprint density at radius 2 is 2.15 bits per heavy atom. The van der Waals surface area contributed by atoms with Crippen molar-refractivity contribution in [3.8, 4) is 0 Å². The summed E-state index contributed by atoms with van der Waals surface area (Å²) in [7, 11) is 0. The zero-order valence-corrected chi connectivity index (χ0v) is 8.61. The Morgan fingerprint density at radius 1 is 1.46 bits per heavy atom. The van der Waals surface area contributed by atoms with Crippen LogP contribution in [0.15, 0.2) is 0 Å². The SMILES string of the molecule is CC(C)(C)NC(=O)N[C@H]1CCNC1. The molecule has 13 heavy (non-hydrogen) atoms. The summed E-state index contributed by atoms with van der Waals surface area (Å²) >= 11 is 0. The molecule has 1 aliphatic heterocycles. The van der Waals surface area contributed by atoms with E-state index in [-0.39, 0.29) is 11.6 Å². The number of carbonyl (C=O) groups excluding carboxylic acids is 1. The van der Waals surface area contributed by atoms with Gasteiger partial charge in [0, 0.05) is 18.1 Å². The van der Waals surface area contributed by atoms with Crippen LogP contribution in [0.1, 0.15) is 27.2 Å². The van der Waals surface area contributed by atoms with E-state index in [1.54, 1.807) is 0 Å². The Morgan fingerprint density at radius 3 is 2.62 bits per heavy atom. The van der Waals surface area contributed by atoms with Crippen LogP contribution in [-0.4, -0.2) is 30.7 Å². The largest absolute Gasteiger partial charge is 0.334 e. The molecule has 4 heteroatoms. The second-order valence-corrected chi connectivity index (χ2v) is 4.54. The third kappa shape index (κ3) is 4.12. The summed E-state index contributed by atoms with van der Waals surface area (Å²) in [4.78, 5) is 11.4. The molecule has 0 saturated carbocycles. The monoisotopic (exact) mass is 185 g/mol. The van der Waals surface area contributed by atoms with E-state index in [1.165, 1.54) is 0 Å². The van der Waals surface area contributed by atoms with Crippen LogP contribution in [0.4, 0.5) is 4.79 Å². The van der Waals surface area contributed by atoms with Crippen molar-refractivity contribution in [2.45, 2.75) is 38.8 Å². The van der Waals surface area contributed by atoms with Crippen molar-refractivity contribution < 1.29 is 4.79 Å². The van der Waals surface area contributed by atoms with Crippen molar-refractivity contribution in [1.29, 1.82) is 0 Å². The quantitative estimate of drug-likeness (QED) is 0.555. The second kappa shape index (κ2) is 3.96. The fourth-order valence-electron chi connectivity index (χ4n) is 1.34. The summed E-state index contributed by atoms with van der Waals surface area (Å²) in [6.07, 6.45) is 1.03. The van der Waals surface area contributed by atoms with E-state index >= 15 is 0 Å². The van der Waals surface area contributed by atoms with Crippen LogP contribution >= 0.6 is 0 Å². The zero-order valence-electron chi connectivity index (χ0n) is 8.61. The molecule has 1 saturated heterocycles. The summed E-state index contributed by atoms with van der Waals surface area (Å²) in [5.41, 5.74) is -0.157. The van der Waals surface area contributed by atoms with Gasteiger partial charge in [0.25, 0.3) is 0 Å². The van der Waals surface area contributed by atoms with Crippen LogP contribution in [-0.2, 0) is 0 Å². The first kappa shape index (κ1) is 10.3. The van der Waals surface area contributed by atoms with Gasteiger partial charge in [-0.3, -0.25) is 0 Å². The van der Waals surface area contributed by atoms with Crippen LogP contribution < -0.4 is 16.0 Å². The Hall–Kier alpha value is -0.770. The lowest BCUT2D eigenvalue weighted by Crippen LogP contribution is -2.50. The highest BCUT2D eigenvalue weighted by Gasteiger charge is 2.19. The number of hydrogen-bond donors (Lipinski definition) is 3. The minimum absolute atomic E-state index is 0.0683. The molecule has 0 spiro atoms. The van der Waals surface area contributed by atoms with E-state index in [1.807, 2.05) is 20.8 Å². The van der Waals surface area contributed by atoms with E-state index in [4.69, 9.17) is 0 Å².